The summed E-state index contributed by atoms with van der Waals surface area (Å²) in [5.74, 6) is 0. The zero-order valence-corrected chi connectivity index (χ0v) is 7.93. The van der Waals surface area contributed by atoms with Gasteiger partial charge in [0.15, 0.2) is 0 Å². The molecule has 0 aliphatic rings. The van der Waals surface area contributed by atoms with E-state index in [-0.39, 0.29) is 0 Å². The van der Waals surface area contributed by atoms with Crippen molar-refractivity contribution in [2.45, 2.75) is 6.92 Å². The second kappa shape index (κ2) is 4.91. The summed E-state index contributed by atoms with van der Waals surface area (Å²) in [6.45, 7) is 9.18. The number of allylic oxidation sites excluding steroid dienone is 4. The predicted octanol–water partition coefficient (Wildman–Crippen LogP) is 2.86. The lowest BCUT2D eigenvalue weighted by Crippen LogP contribution is -1.79. The molecule has 0 rings (SSSR count). The highest BCUT2D eigenvalue weighted by atomic mass is 79.9. The summed E-state index contributed by atoms with van der Waals surface area (Å²) >= 11 is 3.27. The first kappa shape index (κ1) is 10.2. The molecule has 0 amide bonds. The van der Waals surface area contributed by atoms with E-state index in [1.807, 2.05) is 6.92 Å². The van der Waals surface area contributed by atoms with Crippen molar-refractivity contribution in [3.63, 3.8) is 0 Å². The van der Waals surface area contributed by atoms with Crippen LogP contribution in [-0.2, 0) is 0 Å². The van der Waals surface area contributed by atoms with Gasteiger partial charge in [0.2, 0.25) is 0 Å². The molecule has 0 saturated carbocycles. The molecule has 0 aliphatic carbocycles. The summed E-state index contributed by atoms with van der Waals surface area (Å²) in [5.41, 5.74) is 1.51. The van der Waals surface area contributed by atoms with Crippen molar-refractivity contribution in [1.29, 1.82) is 0 Å². The molecule has 0 aliphatic heterocycles. The summed E-state index contributed by atoms with van der Waals surface area (Å²) in [6, 6.07) is 0. The molecule has 0 bridgehead atoms. The van der Waals surface area contributed by atoms with Crippen molar-refractivity contribution in [2.75, 3.05) is 0 Å². The van der Waals surface area contributed by atoms with Crippen molar-refractivity contribution in [3.05, 3.63) is 34.9 Å². The summed E-state index contributed by atoms with van der Waals surface area (Å²) in [4.78, 5) is 0. The van der Waals surface area contributed by atoms with Gasteiger partial charge in [-0.25, -0.2) is 0 Å². The Kier molecular flexibility index (Phi) is 4.54. The van der Waals surface area contributed by atoms with E-state index in [1.165, 1.54) is 6.21 Å². The normalized spacial score (nSPS) is 12.0. The first-order chi connectivity index (χ1) is 5.07. The van der Waals surface area contributed by atoms with Crippen LogP contribution in [0.15, 0.2) is 40.0 Å². The van der Waals surface area contributed by atoms with Gasteiger partial charge < -0.3 is 5.21 Å². The topological polar surface area (TPSA) is 32.6 Å². The molecule has 0 aromatic heterocycles. The van der Waals surface area contributed by atoms with Gasteiger partial charge in [-0.05, 0) is 24.1 Å². The highest BCUT2D eigenvalue weighted by molar-refractivity contribution is 9.12. The molecule has 11 heavy (non-hydrogen) atoms. The van der Waals surface area contributed by atoms with E-state index in [9.17, 15) is 0 Å². The highest BCUT2D eigenvalue weighted by Crippen LogP contribution is 2.15. The molecule has 2 nitrogen and oxygen atoms in total. The zero-order valence-electron chi connectivity index (χ0n) is 6.34. The standard InChI is InChI=1S/C8H10BrNO/c1-6(2)8(9)4-7(3)5-10-11/h4-5,11H,1,3H2,2H3/b8-4+,10-5+. The third-order valence-corrected chi connectivity index (χ3v) is 1.85. The van der Waals surface area contributed by atoms with Crippen LogP contribution in [0.25, 0.3) is 0 Å². The van der Waals surface area contributed by atoms with E-state index in [4.69, 9.17) is 5.21 Å². The number of oxime groups is 1. The second-order valence-electron chi connectivity index (χ2n) is 2.09. The fourth-order valence-corrected chi connectivity index (χ4v) is 0.691. The first-order valence-electron chi connectivity index (χ1n) is 2.97. The molecule has 0 heterocycles. The van der Waals surface area contributed by atoms with Gasteiger partial charge in [0, 0.05) is 4.48 Å². The summed E-state index contributed by atoms with van der Waals surface area (Å²) in [5, 5.41) is 11.0. The summed E-state index contributed by atoms with van der Waals surface area (Å²) in [6.07, 6.45) is 2.98. The van der Waals surface area contributed by atoms with Gasteiger partial charge >= 0.3 is 0 Å². The smallest absolute Gasteiger partial charge is 0.0728 e. The maximum absolute atomic E-state index is 8.13. The predicted molar refractivity (Wildman–Crippen MR) is 51.2 cm³/mol. The monoisotopic (exact) mass is 215 g/mol. The Morgan fingerprint density at radius 2 is 2.09 bits per heavy atom. The second-order valence-corrected chi connectivity index (χ2v) is 2.95. The van der Waals surface area contributed by atoms with Crippen LogP contribution in [0.5, 0.6) is 0 Å². The zero-order chi connectivity index (χ0) is 8.85. The number of hydrogen-bond donors (Lipinski definition) is 1. The van der Waals surface area contributed by atoms with Gasteiger partial charge in [-0.2, -0.15) is 0 Å². The molecule has 0 radical (unpaired) electrons. The van der Waals surface area contributed by atoms with E-state index in [0.29, 0.717) is 5.57 Å². The average Bonchev–Trinajstić information content (AvgIpc) is 1.87. The molecule has 3 heteroatoms. The summed E-state index contributed by atoms with van der Waals surface area (Å²) in [7, 11) is 0. The Bertz CT molecular complexity index is 228. The van der Waals surface area contributed by atoms with Crippen molar-refractivity contribution < 1.29 is 5.21 Å². The molecule has 0 fully saturated rings. The average molecular weight is 216 g/mol. The van der Waals surface area contributed by atoms with Crippen molar-refractivity contribution in [1.82, 2.24) is 0 Å². The van der Waals surface area contributed by atoms with E-state index in [1.54, 1.807) is 6.08 Å². The van der Waals surface area contributed by atoms with Crippen molar-refractivity contribution in [3.8, 4) is 0 Å². The Morgan fingerprint density at radius 3 is 2.45 bits per heavy atom. The Hall–Kier alpha value is -0.830. The molecular weight excluding hydrogens is 206 g/mol. The fraction of sp³-hybridized carbons (Fsp3) is 0.125. The maximum atomic E-state index is 8.13. The number of nitrogens with zero attached hydrogens (tertiary/aromatic N) is 1. The van der Waals surface area contributed by atoms with Gasteiger partial charge in [-0.15, -0.1) is 0 Å². The van der Waals surface area contributed by atoms with E-state index >= 15 is 0 Å². The maximum Gasteiger partial charge on any atom is 0.0728 e. The molecule has 1 N–H and O–H groups in total. The van der Waals surface area contributed by atoms with Gasteiger partial charge in [-0.1, -0.05) is 34.2 Å². The van der Waals surface area contributed by atoms with Crippen LogP contribution in [-0.4, -0.2) is 11.4 Å². The first-order valence-corrected chi connectivity index (χ1v) is 3.76. The number of halogens is 1. The van der Waals surface area contributed by atoms with Crippen LogP contribution in [0, 0.1) is 0 Å². The van der Waals surface area contributed by atoms with E-state index < -0.39 is 0 Å². The minimum atomic E-state index is 0.613. The minimum absolute atomic E-state index is 0.613. The molecule has 0 atom stereocenters. The molecular formula is C8H10BrNO. The quantitative estimate of drug-likeness (QED) is 0.334. The molecule has 0 aromatic rings. The van der Waals surface area contributed by atoms with E-state index in [2.05, 4.69) is 34.2 Å². The molecule has 0 saturated heterocycles. The van der Waals surface area contributed by atoms with Crippen LogP contribution in [0.1, 0.15) is 6.92 Å². The molecule has 0 aromatic carbocycles. The minimum Gasteiger partial charge on any atom is -0.411 e. The lowest BCUT2D eigenvalue weighted by Gasteiger charge is -1.94. The van der Waals surface area contributed by atoms with E-state index in [0.717, 1.165) is 10.1 Å². The van der Waals surface area contributed by atoms with Crippen LogP contribution in [0.3, 0.4) is 0 Å². The van der Waals surface area contributed by atoms with Crippen LogP contribution >= 0.6 is 15.9 Å². The highest BCUT2D eigenvalue weighted by Gasteiger charge is 1.91. The van der Waals surface area contributed by atoms with Crippen LogP contribution in [0.4, 0.5) is 0 Å². The van der Waals surface area contributed by atoms with Gasteiger partial charge in [-0.3, -0.25) is 0 Å². The summed E-state index contributed by atoms with van der Waals surface area (Å²) < 4.78 is 0.849. The van der Waals surface area contributed by atoms with Gasteiger partial charge in [0.05, 0.1) is 6.21 Å². The lowest BCUT2D eigenvalue weighted by molar-refractivity contribution is 0.322. The Balaban J connectivity index is 4.31. The van der Waals surface area contributed by atoms with Crippen LogP contribution < -0.4 is 0 Å². The fourth-order valence-electron chi connectivity index (χ4n) is 0.397. The van der Waals surface area contributed by atoms with Gasteiger partial charge in [0.25, 0.3) is 0 Å². The van der Waals surface area contributed by atoms with Crippen molar-refractivity contribution >= 4 is 22.1 Å². The molecule has 60 valence electrons. The lowest BCUT2D eigenvalue weighted by atomic mass is 10.2. The van der Waals surface area contributed by atoms with Gasteiger partial charge in [0.1, 0.15) is 0 Å². The molecule has 0 spiro atoms. The Morgan fingerprint density at radius 1 is 1.55 bits per heavy atom. The third-order valence-electron chi connectivity index (χ3n) is 0.943. The third kappa shape index (κ3) is 4.56. The number of hydrogen-bond acceptors (Lipinski definition) is 2. The largest absolute Gasteiger partial charge is 0.411 e. The van der Waals surface area contributed by atoms with Crippen LogP contribution in [0.2, 0.25) is 0 Å². The van der Waals surface area contributed by atoms with Crippen molar-refractivity contribution in [2.24, 2.45) is 5.16 Å². The SMILES string of the molecule is C=C(/C=N/O)/C=C(/Br)C(=C)C. The number of rotatable bonds is 3. The molecule has 0 unspecified atom stereocenters. The Labute approximate surface area is 74.7 Å².